The number of nitriles is 1. The summed E-state index contributed by atoms with van der Waals surface area (Å²) in [5, 5.41) is 20.6. The third kappa shape index (κ3) is 3.63. The molecule has 3 nitrogen and oxygen atoms in total. The normalized spacial score (nSPS) is 10.7. The Morgan fingerprint density at radius 3 is 2.62 bits per heavy atom. The number of halogens is 1. The van der Waals surface area contributed by atoms with Crippen molar-refractivity contribution in [3.05, 3.63) is 40.4 Å². The zero-order valence-electron chi connectivity index (χ0n) is 8.27. The summed E-state index contributed by atoms with van der Waals surface area (Å²) in [6, 6.07) is 8.98. The van der Waals surface area contributed by atoms with E-state index in [1.807, 2.05) is 6.07 Å². The van der Waals surface area contributed by atoms with Gasteiger partial charge in [0.15, 0.2) is 0 Å². The first-order valence-corrected chi connectivity index (χ1v) is 5.22. The smallest absolute Gasteiger partial charge is 0.119 e. The molecule has 0 heterocycles. The number of nitrogens with zero attached hydrogens (tertiary/aromatic N) is 1. The van der Waals surface area contributed by atoms with Crippen molar-refractivity contribution in [3.8, 4) is 6.07 Å². The number of benzene rings is 1. The minimum atomic E-state index is -0.293. The van der Waals surface area contributed by atoms with Crippen LogP contribution < -0.4 is 5.32 Å². The maximum atomic E-state index is 8.89. The fourth-order valence-electron chi connectivity index (χ4n) is 1.04. The van der Waals surface area contributed by atoms with Gasteiger partial charge in [0.1, 0.15) is 17.8 Å². The number of hydrogen-bond donors (Lipinski definition) is 2. The van der Waals surface area contributed by atoms with Crippen LogP contribution in [0.3, 0.4) is 0 Å². The molecule has 0 bridgehead atoms. The van der Waals surface area contributed by atoms with Gasteiger partial charge in [0.2, 0.25) is 0 Å². The highest BCUT2D eigenvalue weighted by Crippen LogP contribution is 2.12. The summed E-state index contributed by atoms with van der Waals surface area (Å²) in [5.41, 5.74) is 1.12. The fourth-order valence-corrected chi connectivity index (χ4v) is 1.34. The molecular weight excluding hydrogens is 244 g/mol. The van der Waals surface area contributed by atoms with Crippen molar-refractivity contribution in [1.29, 1.82) is 5.26 Å². The standard InChI is InChI=1S/C11H9ClN2OS/c12-10-3-1-8(2-4-10)5-9(6-13)11(16)14-7-15/h1-5,15H,7H2,(H,14,16)/b9-5+. The zero-order valence-corrected chi connectivity index (χ0v) is 9.85. The highest BCUT2D eigenvalue weighted by Gasteiger charge is 2.02. The third-order valence-electron chi connectivity index (χ3n) is 1.79. The van der Waals surface area contributed by atoms with Crippen molar-refractivity contribution in [2.24, 2.45) is 0 Å². The number of thiocarbonyl (C=S) groups is 1. The maximum Gasteiger partial charge on any atom is 0.119 e. The summed E-state index contributed by atoms with van der Waals surface area (Å²) >= 11 is 10.6. The fraction of sp³-hybridized carbons (Fsp3) is 0.0909. The van der Waals surface area contributed by atoms with Crippen LogP contribution in [0.1, 0.15) is 5.56 Å². The first kappa shape index (κ1) is 12.7. The summed E-state index contributed by atoms with van der Waals surface area (Å²) in [7, 11) is 0. The van der Waals surface area contributed by atoms with Gasteiger partial charge in [-0.3, -0.25) is 0 Å². The third-order valence-corrected chi connectivity index (χ3v) is 2.40. The van der Waals surface area contributed by atoms with Crippen LogP contribution in [0.2, 0.25) is 5.02 Å². The summed E-state index contributed by atoms with van der Waals surface area (Å²) < 4.78 is 0. The minimum absolute atomic E-state index is 0.222. The van der Waals surface area contributed by atoms with Crippen molar-refractivity contribution in [2.75, 3.05) is 6.73 Å². The topological polar surface area (TPSA) is 56.0 Å². The van der Waals surface area contributed by atoms with Gasteiger partial charge in [-0.05, 0) is 23.8 Å². The average molecular weight is 253 g/mol. The lowest BCUT2D eigenvalue weighted by Gasteiger charge is -2.02. The van der Waals surface area contributed by atoms with E-state index >= 15 is 0 Å². The van der Waals surface area contributed by atoms with E-state index < -0.39 is 0 Å². The Morgan fingerprint density at radius 1 is 1.50 bits per heavy atom. The molecule has 1 rings (SSSR count). The van der Waals surface area contributed by atoms with Crippen LogP contribution in [-0.4, -0.2) is 16.8 Å². The van der Waals surface area contributed by atoms with Crippen LogP contribution >= 0.6 is 23.8 Å². The molecule has 0 atom stereocenters. The molecule has 0 radical (unpaired) electrons. The van der Waals surface area contributed by atoms with Gasteiger partial charge >= 0.3 is 0 Å². The van der Waals surface area contributed by atoms with Crippen molar-refractivity contribution < 1.29 is 5.11 Å². The lowest BCUT2D eigenvalue weighted by Crippen LogP contribution is -2.23. The van der Waals surface area contributed by atoms with E-state index in [1.165, 1.54) is 0 Å². The van der Waals surface area contributed by atoms with E-state index in [0.717, 1.165) is 5.56 Å². The van der Waals surface area contributed by atoms with Gasteiger partial charge < -0.3 is 10.4 Å². The van der Waals surface area contributed by atoms with Gasteiger partial charge in [-0.25, -0.2) is 0 Å². The van der Waals surface area contributed by atoms with Crippen molar-refractivity contribution in [1.82, 2.24) is 5.32 Å². The van der Waals surface area contributed by atoms with Crippen LogP contribution in [0.25, 0.3) is 6.08 Å². The lowest BCUT2D eigenvalue weighted by atomic mass is 10.1. The molecule has 0 aliphatic carbocycles. The van der Waals surface area contributed by atoms with Crippen LogP contribution in [0.5, 0.6) is 0 Å². The minimum Gasteiger partial charge on any atom is -0.377 e. The van der Waals surface area contributed by atoms with E-state index in [0.29, 0.717) is 10.6 Å². The second-order valence-electron chi connectivity index (χ2n) is 2.89. The van der Waals surface area contributed by atoms with Crippen LogP contribution in [0.15, 0.2) is 29.8 Å². The summed E-state index contributed by atoms with van der Waals surface area (Å²) in [6.07, 6.45) is 1.63. The zero-order chi connectivity index (χ0) is 12.0. The first-order valence-electron chi connectivity index (χ1n) is 4.44. The molecule has 1 aromatic carbocycles. The molecule has 0 aliphatic rings. The van der Waals surface area contributed by atoms with Crippen molar-refractivity contribution in [2.45, 2.75) is 0 Å². The molecular formula is C11H9ClN2OS. The first-order chi connectivity index (χ1) is 7.67. The van der Waals surface area contributed by atoms with E-state index in [2.05, 4.69) is 5.32 Å². The molecule has 0 spiro atoms. The highest BCUT2D eigenvalue weighted by atomic mass is 35.5. The van der Waals surface area contributed by atoms with Gasteiger partial charge in [0, 0.05) is 5.02 Å². The Balaban J connectivity index is 2.92. The van der Waals surface area contributed by atoms with Gasteiger partial charge in [-0.2, -0.15) is 5.26 Å². The number of rotatable bonds is 3. The Labute approximate surface area is 104 Å². The molecule has 0 fully saturated rings. The van der Waals surface area contributed by atoms with Crippen molar-refractivity contribution >= 4 is 34.9 Å². The Bertz CT molecular complexity index is 448. The van der Waals surface area contributed by atoms with E-state index in [-0.39, 0.29) is 11.7 Å². The van der Waals surface area contributed by atoms with Gasteiger partial charge in [0.25, 0.3) is 0 Å². The monoisotopic (exact) mass is 252 g/mol. The quantitative estimate of drug-likeness (QED) is 0.374. The lowest BCUT2D eigenvalue weighted by molar-refractivity contribution is 0.287. The predicted molar refractivity (Wildman–Crippen MR) is 67.9 cm³/mol. The largest absolute Gasteiger partial charge is 0.377 e. The SMILES string of the molecule is N#C/C(=C\c1ccc(Cl)cc1)C(=S)NCO. The Kier molecular flexibility index (Phi) is 4.93. The molecule has 0 amide bonds. The summed E-state index contributed by atoms with van der Waals surface area (Å²) in [6.45, 7) is -0.293. The van der Waals surface area contributed by atoms with Crippen LogP contribution in [-0.2, 0) is 0 Å². The molecule has 82 valence electrons. The maximum absolute atomic E-state index is 8.89. The molecule has 0 aromatic heterocycles. The molecule has 5 heteroatoms. The second kappa shape index (κ2) is 6.23. The highest BCUT2D eigenvalue weighted by molar-refractivity contribution is 7.80. The Morgan fingerprint density at radius 2 is 2.12 bits per heavy atom. The molecule has 1 aromatic rings. The van der Waals surface area contributed by atoms with Gasteiger partial charge in [0.05, 0.1) is 5.57 Å². The van der Waals surface area contributed by atoms with Gasteiger partial charge in [-0.15, -0.1) is 0 Å². The number of nitrogens with one attached hydrogen (secondary N) is 1. The van der Waals surface area contributed by atoms with E-state index in [9.17, 15) is 0 Å². The van der Waals surface area contributed by atoms with Crippen molar-refractivity contribution in [3.63, 3.8) is 0 Å². The average Bonchev–Trinajstić information content (AvgIpc) is 2.28. The molecule has 0 unspecified atom stereocenters. The second-order valence-corrected chi connectivity index (χ2v) is 3.73. The van der Waals surface area contributed by atoms with E-state index in [4.69, 9.17) is 34.2 Å². The molecule has 0 saturated carbocycles. The summed E-state index contributed by atoms with van der Waals surface area (Å²) in [5.74, 6) is 0. The molecule has 16 heavy (non-hydrogen) atoms. The predicted octanol–water partition coefficient (Wildman–Crippen LogP) is 2.11. The molecule has 0 saturated heterocycles. The van der Waals surface area contributed by atoms with Crippen LogP contribution in [0, 0.1) is 11.3 Å². The number of aliphatic hydroxyl groups is 1. The molecule has 2 N–H and O–H groups in total. The van der Waals surface area contributed by atoms with Gasteiger partial charge in [-0.1, -0.05) is 36.0 Å². The van der Waals surface area contributed by atoms with E-state index in [1.54, 1.807) is 30.3 Å². The van der Waals surface area contributed by atoms with Crippen LogP contribution in [0.4, 0.5) is 0 Å². The Hall–Kier alpha value is -1.41. The number of aliphatic hydroxyl groups excluding tert-OH is 1. The number of hydrogen-bond acceptors (Lipinski definition) is 3. The summed E-state index contributed by atoms with van der Waals surface area (Å²) in [4.78, 5) is 0.222. The molecule has 0 aliphatic heterocycles.